The van der Waals surface area contributed by atoms with Crippen LogP contribution in [0.15, 0.2) is 60.7 Å². The molecule has 0 fully saturated rings. The molecule has 1 aromatic heterocycles. The zero-order chi connectivity index (χ0) is 24.8. The van der Waals surface area contributed by atoms with Gasteiger partial charge in [0.05, 0.1) is 38.9 Å². The minimum absolute atomic E-state index is 0.256. The maximum atomic E-state index is 12.4. The Balaban J connectivity index is 1.51. The zero-order valence-corrected chi connectivity index (χ0v) is 20.2. The number of para-hydroxylation sites is 2. The van der Waals surface area contributed by atoms with Crippen LogP contribution >= 0.6 is 23.2 Å². The van der Waals surface area contributed by atoms with E-state index >= 15 is 0 Å². The molecule has 0 spiro atoms. The molecule has 3 aromatic carbocycles. The molecule has 4 aromatic rings. The normalized spacial score (nSPS) is 11.2. The highest BCUT2D eigenvalue weighted by Gasteiger charge is 2.13. The molecular weight excluding hydrogens is 487 g/mol. The van der Waals surface area contributed by atoms with Crippen molar-refractivity contribution in [3.8, 4) is 17.6 Å². The Hall–Kier alpha value is -3.99. The van der Waals surface area contributed by atoms with Gasteiger partial charge in [-0.05, 0) is 55.0 Å². The average molecular weight is 507 g/mol. The Morgan fingerprint density at radius 3 is 2.71 bits per heavy atom. The van der Waals surface area contributed by atoms with E-state index in [1.165, 1.54) is 0 Å². The number of aromatic amines is 1. The summed E-state index contributed by atoms with van der Waals surface area (Å²) in [5, 5.41) is 13.0. The van der Waals surface area contributed by atoms with Crippen molar-refractivity contribution >= 4 is 57.5 Å². The number of nitrogens with one attached hydrogen (secondary N) is 2. The van der Waals surface area contributed by atoms with Crippen LogP contribution in [0.5, 0.6) is 11.5 Å². The molecule has 0 unspecified atom stereocenters. The van der Waals surface area contributed by atoms with Gasteiger partial charge < -0.3 is 19.8 Å². The van der Waals surface area contributed by atoms with Crippen LogP contribution in [0.2, 0.25) is 10.0 Å². The third kappa shape index (κ3) is 5.75. The van der Waals surface area contributed by atoms with E-state index in [9.17, 15) is 10.1 Å². The van der Waals surface area contributed by atoms with Crippen LogP contribution in [-0.4, -0.2) is 29.1 Å². The fourth-order valence-electron chi connectivity index (χ4n) is 3.33. The summed E-state index contributed by atoms with van der Waals surface area (Å²) < 4.78 is 11.4. The quantitative estimate of drug-likeness (QED) is 0.271. The monoisotopic (exact) mass is 506 g/mol. The predicted molar refractivity (Wildman–Crippen MR) is 138 cm³/mol. The first-order chi connectivity index (χ1) is 17.0. The van der Waals surface area contributed by atoms with Gasteiger partial charge in [-0.3, -0.25) is 4.79 Å². The number of allylic oxidation sites excluding steroid dienone is 1. The first-order valence-corrected chi connectivity index (χ1v) is 11.4. The molecular formula is C26H20Cl2N4O3. The maximum absolute atomic E-state index is 12.4. The minimum Gasteiger partial charge on any atom is -0.490 e. The molecule has 35 heavy (non-hydrogen) atoms. The second kappa shape index (κ2) is 11.0. The van der Waals surface area contributed by atoms with Crippen LogP contribution in [0.3, 0.4) is 0 Å². The van der Waals surface area contributed by atoms with Crippen LogP contribution in [0.4, 0.5) is 5.69 Å². The van der Waals surface area contributed by atoms with Gasteiger partial charge in [0.2, 0.25) is 0 Å². The van der Waals surface area contributed by atoms with E-state index in [4.69, 9.17) is 32.7 Å². The second-order valence-corrected chi connectivity index (χ2v) is 8.13. The van der Waals surface area contributed by atoms with Gasteiger partial charge >= 0.3 is 0 Å². The number of fused-ring (bicyclic) bond motifs is 1. The van der Waals surface area contributed by atoms with Gasteiger partial charge in [0, 0.05) is 0 Å². The molecule has 7 nitrogen and oxygen atoms in total. The number of carbonyl (C=O) groups excluding carboxylic acids is 1. The summed E-state index contributed by atoms with van der Waals surface area (Å²) in [6.45, 7) is 1.97. The molecule has 0 saturated heterocycles. The highest BCUT2D eigenvalue weighted by Crippen LogP contribution is 2.31. The number of nitriles is 1. The lowest BCUT2D eigenvalue weighted by Crippen LogP contribution is -2.20. The number of imidazole rings is 1. The molecule has 0 saturated carbocycles. The number of benzene rings is 3. The van der Waals surface area contributed by atoms with Crippen LogP contribution in [0.25, 0.3) is 22.7 Å². The van der Waals surface area contributed by atoms with Crippen LogP contribution in [0.1, 0.15) is 18.3 Å². The lowest BCUT2D eigenvalue weighted by atomic mass is 10.1. The number of H-pyrrole nitrogens is 1. The number of halogens is 2. The van der Waals surface area contributed by atoms with Crippen molar-refractivity contribution in [3.05, 3.63) is 82.1 Å². The van der Waals surface area contributed by atoms with Crippen LogP contribution in [-0.2, 0) is 4.79 Å². The number of rotatable bonds is 8. The number of anilines is 1. The molecule has 2 N–H and O–H groups in total. The third-order valence-corrected chi connectivity index (χ3v) is 5.75. The Bertz CT molecular complexity index is 1420. The average Bonchev–Trinajstić information content (AvgIpc) is 3.29. The molecule has 176 valence electrons. The number of aromatic nitrogens is 2. The molecule has 4 rings (SSSR count). The Morgan fingerprint density at radius 1 is 1.11 bits per heavy atom. The van der Waals surface area contributed by atoms with E-state index in [1.807, 2.05) is 31.2 Å². The molecule has 0 radical (unpaired) electrons. The van der Waals surface area contributed by atoms with Gasteiger partial charge in [0.15, 0.2) is 18.1 Å². The number of nitrogens with zero attached hydrogens (tertiary/aromatic N) is 2. The molecule has 0 atom stereocenters. The number of hydrogen-bond donors (Lipinski definition) is 2. The first kappa shape index (κ1) is 24.1. The van der Waals surface area contributed by atoms with Crippen molar-refractivity contribution in [2.45, 2.75) is 6.92 Å². The summed E-state index contributed by atoms with van der Waals surface area (Å²) in [5.41, 5.74) is 3.11. The fraction of sp³-hybridized carbons (Fsp3) is 0.115. The van der Waals surface area contributed by atoms with Crippen molar-refractivity contribution < 1.29 is 14.3 Å². The van der Waals surface area contributed by atoms with E-state index in [0.29, 0.717) is 45.8 Å². The van der Waals surface area contributed by atoms with E-state index in [1.54, 1.807) is 42.5 Å². The Morgan fingerprint density at radius 2 is 1.94 bits per heavy atom. The molecule has 0 aliphatic carbocycles. The van der Waals surface area contributed by atoms with Gasteiger partial charge in [0.1, 0.15) is 11.9 Å². The van der Waals surface area contributed by atoms with Crippen LogP contribution < -0.4 is 14.8 Å². The molecule has 1 amide bonds. The highest BCUT2D eigenvalue weighted by molar-refractivity contribution is 6.44. The van der Waals surface area contributed by atoms with Crippen molar-refractivity contribution in [1.29, 1.82) is 5.26 Å². The number of carbonyl (C=O) groups is 1. The Labute approximate surface area is 211 Å². The minimum atomic E-state index is -0.405. The van der Waals surface area contributed by atoms with E-state index in [2.05, 4.69) is 21.4 Å². The van der Waals surface area contributed by atoms with Crippen molar-refractivity contribution in [2.24, 2.45) is 0 Å². The van der Waals surface area contributed by atoms with Gasteiger partial charge in [-0.15, -0.1) is 0 Å². The highest BCUT2D eigenvalue weighted by atomic mass is 35.5. The molecule has 0 bridgehead atoms. The lowest BCUT2D eigenvalue weighted by Gasteiger charge is -2.13. The van der Waals surface area contributed by atoms with Gasteiger partial charge in [-0.25, -0.2) is 4.98 Å². The van der Waals surface area contributed by atoms with Gasteiger partial charge in [-0.2, -0.15) is 5.26 Å². The third-order valence-electron chi connectivity index (χ3n) is 4.93. The summed E-state index contributed by atoms with van der Waals surface area (Å²) in [4.78, 5) is 20.0. The maximum Gasteiger partial charge on any atom is 0.262 e. The summed E-state index contributed by atoms with van der Waals surface area (Å²) in [6, 6.07) is 19.9. The topological polar surface area (TPSA) is 100 Å². The zero-order valence-electron chi connectivity index (χ0n) is 18.6. The summed E-state index contributed by atoms with van der Waals surface area (Å²) in [7, 11) is 0. The van der Waals surface area contributed by atoms with Crippen molar-refractivity contribution in [3.63, 3.8) is 0 Å². The second-order valence-electron chi connectivity index (χ2n) is 7.35. The molecule has 0 aliphatic heterocycles. The SMILES string of the molecule is CCOc1cc(C=C(C#N)c2nc3ccccc3[nH]2)ccc1OCC(=O)Nc1cccc(Cl)c1Cl. The fourth-order valence-corrected chi connectivity index (χ4v) is 3.68. The van der Waals surface area contributed by atoms with E-state index in [-0.39, 0.29) is 11.6 Å². The largest absolute Gasteiger partial charge is 0.490 e. The molecule has 1 heterocycles. The lowest BCUT2D eigenvalue weighted by molar-refractivity contribution is -0.118. The Kier molecular flexibility index (Phi) is 7.56. The van der Waals surface area contributed by atoms with Crippen LogP contribution in [0, 0.1) is 11.3 Å². The molecule has 0 aliphatic rings. The standard InChI is InChI=1S/C26H20Cl2N4O3/c1-2-34-23-13-16(12-17(14-29)26-31-19-7-3-4-8-20(19)32-26)10-11-22(23)35-15-24(33)30-21-9-5-6-18(27)25(21)28/h3-13H,2,15H2,1H3,(H,30,33)(H,31,32). The van der Waals surface area contributed by atoms with Crippen molar-refractivity contribution in [1.82, 2.24) is 9.97 Å². The summed E-state index contributed by atoms with van der Waals surface area (Å²) >= 11 is 12.1. The smallest absolute Gasteiger partial charge is 0.262 e. The number of hydrogen-bond acceptors (Lipinski definition) is 5. The number of amides is 1. The molecule has 9 heteroatoms. The number of ether oxygens (including phenoxy) is 2. The van der Waals surface area contributed by atoms with Crippen molar-refractivity contribution in [2.75, 3.05) is 18.5 Å². The first-order valence-electron chi connectivity index (χ1n) is 10.7. The predicted octanol–water partition coefficient (Wildman–Crippen LogP) is 6.35. The van der Waals surface area contributed by atoms with E-state index in [0.717, 1.165) is 11.0 Å². The summed E-state index contributed by atoms with van der Waals surface area (Å²) in [6.07, 6.45) is 1.71. The summed E-state index contributed by atoms with van der Waals surface area (Å²) in [5.74, 6) is 0.899. The van der Waals surface area contributed by atoms with Gasteiger partial charge in [-0.1, -0.05) is 47.5 Å². The van der Waals surface area contributed by atoms with Gasteiger partial charge in [0.25, 0.3) is 5.91 Å². The van der Waals surface area contributed by atoms with E-state index < -0.39 is 5.91 Å².